The summed E-state index contributed by atoms with van der Waals surface area (Å²) in [6, 6.07) is 10.8. The van der Waals surface area contributed by atoms with E-state index in [0.717, 1.165) is 10.5 Å². The van der Waals surface area contributed by atoms with Gasteiger partial charge in [-0.3, -0.25) is 9.69 Å². The Morgan fingerprint density at radius 2 is 1.95 bits per heavy atom. The van der Waals surface area contributed by atoms with Crippen LogP contribution < -0.4 is 5.32 Å². The number of nitrogens with one attached hydrogen (secondary N) is 1. The Kier molecular flexibility index (Phi) is 3.70. The van der Waals surface area contributed by atoms with Crippen molar-refractivity contribution in [1.82, 2.24) is 10.2 Å². The van der Waals surface area contributed by atoms with Gasteiger partial charge in [0.15, 0.2) is 5.54 Å². The molecule has 1 fully saturated rings. The lowest BCUT2D eigenvalue weighted by atomic mass is 9.99. The molecular weight excluding hydrogens is 300 g/mol. The van der Waals surface area contributed by atoms with Gasteiger partial charge in [-0.25, -0.2) is 4.79 Å². The minimum atomic E-state index is -1.14. The van der Waals surface area contributed by atoms with Gasteiger partial charge in [-0.1, -0.05) is 12.1 Å². The Morgan fingerprint density at radius 3 is 2.55 bits per heavy atom. The normalized spacial score (nSPS) is 21.3. The molecule has 114 valence electrons. The first kappa shape index (κ1) is 14.7. The van der Waals surface area contributed by atoms with Crippen molar-refractivity contribution < 1.29 is 14.0 Å². The van der Waals surface area contributed by atoms with E-state index in [1.165, 1.54) is 11.2 Å². The first-order chi connectivity index (χ1) is 10.5. The molecule has 1 N–H and O–H groups in total. The van der Waals surface area contributed by atoms with Crippen molar-refractivity contribution in [3.63, 3.8) is 0 Å². The molecule has 0 bridgehead atoms. The van der Waals surface area contributed by atoms with E-state index >= 15 is 0 Å². The molecule has 6 heteroatoms. The summed E-state index contributed by atoms with van der Waals surface area (Å²) in [4.78, 5) is 27.2. The SMILES string of the molecule is CSc1ccc(CN2C(=O)NC(C)(c3ccco3)C2=O)cc1. The Bertz CT molecular complexity index is 697. The van der Waals surface area contributed by atoms with Crippen LogP contribution in [0.25, 0.3) is 0 Å². The van der Waals surface area contributed by atoms with E-state index in [2.05, 4.69) is 5.32 Å². The molecule has 1 aliphatic rings. The molecule has 1 saturated heterocycles. The number of hydrogen-bond donors (Lipinski definition) is 1. The predicted molar refractivity (Wildman–Crippen MR) is 83.4 cm³/mol. The second kappa shape index (κ2) is 5.53. The largest absolute Gasteiger partial charge is 0.466 e. The van der Waals surface area contributed by atoms with E-state index in [1.807, 2.05) is 30.5 Å². The molecule has 1 unspecified atom stereocenters. The van der Waals surface area contributed by atoms with Gasteiger partial charge in [0.25, 0.3) is 5.91 Å². The van der Waals surface area contributed by atoms with Crippen LogP contribution in [0.2, 0.25) is 0 Å². The summed E-state index contributed by atoms with van der Waals surface area (Å²) in [7, 11) is 0. The molecule has 2 aromatic rings. The highest BCUT2D eigenvalue weighted by Gasteiger charge is 2.50. The maximum atomic E-state index is 12.6. The third-order valence-corrected chi connectivity index (χ3v) is 4.53. The Balaban J connectivity index is 1.82. The number of furan rings is 1. The van der Waals surface area contributed by atoms with Crippen molar-refractivity contribution in [3.05, 3.63) is 54.0 Å². The lowest BCUT2D eigenvalue weighted by Crippen LogP contribution is -2.40. The lowest BCUT2D eigenvalue weighted by molar-refractivity contribution is -0.132. The number of urea groups is 1. The van der Waals surface area contributed by atoms with Crippen LogP contribution >= 0.6 is 11.8 Å². The van der Waals surface area contributed by atoms with Crippen molar-refractivity contribution in [3.8, 4) is 0 Å². The zero-order chi connectivity index (χ0) is 15.7. The quantitative estimate of drug-likeness (QED) is 0.696. The van der Waals surface area contributed by atoms with Gasteiger partial charge in [-0.15, -0.1) is 11.8 Å². The van der Waals surface area contributed by atoms with Gasteiger partial charge in [-0.05, 0) is 43.0 Å². The second-order valence-corrected chi connectivity index (χ2v) is 6.15. The Morgan fingerprint density at radius 1 is 1.23 bits per heavy atom. The summed E-state index contributed by atoms with van der Waals surface area (Å²) >= 11 is 1.65. The van der Waals surface area contributed by atoms with Crippen LogP contribution in [0.1, 0.15) is 18.2 Å². The van der Waals surface area contributed by atoms with Crippen molar-refractivity contribution in [1.29, 1.82) is 0 Å². The van der Waals surface area contributed by atoms with Gasteiger partial charge in [0.2, 0.25) is 0 Å². The van der Waals surface area contributed by atoms with E-state index in [4.69, 9.17) is 4.42 Å². The molecule has 1 aromatic carbocycles. The molecule has 3 rings (SSSR count). The number of hydrogen-bond acceptors (Lipinski definition) is 4. The number of amides is 3. The average molecular weight is 316 g/mol. The maximum Gasteiger partial charge on any atom is 0.325 e. The summed E-state index contributed by atoms with van der Waals surface area (Å²) in [5.74, 6) is 0.132. The first-order valence-electron chi connectivity index (χ1n) is 6.85. The number of benzene rings is 1. The van der Waals surface area contributed by atoms with Crippen molar-refractivity contribution in [2.45, 2.75) is 23.9 Å². The summed E-state index contributed by atoms with van der Waals surface area (Å²) < 4.78 is 5.30. The number of imide groups is 1. The fraction of sp³-hybridized carbons (Fsp3) is 0.250. The van der Waals surface area contributed by atoms with Crippen LogP contribution in [0, 0.1) is 0 Å². The molecule has 0 spiro atoms. The topological polar surface area (TPSA) is 62.6 Å². The van der Waals surface area contributed by atoms with E-state index in [0.29, 0.717) is 5.76 Å². The van der Waals surface area contributed by atoms with Gasteiger partial charge in [-0.2, -0.15) is 0 Å². The van der Waals surface area contributed by atoms with Crippen molar-refractivity contribution in [2.24, 2.45) is 0 Å². The van der Waals surface area contributed by atoms with E-state index in [1.54, 1.807) is 30.8 Å². The van der Waals surface area contributed by atoms with Crippen molar-refractivity contribution in [2.75, 3.05) is 6.26 Å². The number of carbonyl (C=O) groups is 2. The summed E-state index contributed by atoms with van der Waals surface area (Å²) in [6.07, 6.45) is 3.49. The summed E-state index contributed by atoms with van der Waals surface area (Å²) in [6.45, 7) is 1.90. The van der Waals surface area contributed by atoms with Crippen LogP contribution in [-0.4, -0.2) is 23.1 Å². The summed E-state index contributed by atoms with van der Waals surface area (Å²) in [5.41, 5.74) is -0.232. The highest BCUT2D eigenvalue weighted by molar-refractivity contribution is 7.98. The van der Waals surface area contributed by atoms with Crippen LogP contribution in [0.15, 0.2) is 52.0 Å². The first-order valence-corrected chi connectivity index (χ1v) is 8.08. The molecule has 1 aromatic heterocycles. The molecule has 1 atom stereocenters. The minimum absolute atomic E-state index is 0.246. The molecular formula is C16H16N2O3S. The number of carbonyl (C=O) groups excluding carboxylic acids is 2. The number of thioether (sulfide) groups is 1. The van der Waals surface area contributed by atoms with Gasteiger partial charge in [0, 0.05) is 4.90 Å². The fourth-order valence-corrected chi connectivity index (χ4v) is 2.89. The molecule has 5 nitrogen and oxygen atoms in total. The smallest absolute Gasteiger partial charge is 0.325 e. The van der Waals surface area contributed by atoms with E-state index < -0.39 is 11.6 Å². The van der Waals surface area contributed by atoms with Crippen LogP contribution in [-0.2, 0) is 16.9 Å². The highest BCUT2D eigenvalue weighted by atomic mass is 32.2. The number of nitrogens with zero attached hydrogens (tertiary/aromatic N) is 1. The zero-order valence-corrected chi connectivity index (χ0v) is 13.1. The Labute approximate surface area is 132 Å². The van der Waals surface area contributed by atoms with Gasteiger partial charge < -0.3 is 9.73 Å². The Hall–Kier alpha value is -2.21. The standard InChI is InChI=1S/C16H16N2O3S/c1-16(13-4-3-9-21-13)14(19)18(15(20)17-16)10-11-5-7-12(22-2)8-6-11/h3-9H,10H2,1-2H3,(H,17,20). The molecule has 0 radical (unpaired) electrons. The molecule has 0 aliphatic carbocycles. The monoisotopic (exact) mass is 316 g/mol. The third-order valence-electron chi connectivity index (χ3n) is 3.79. The third kappa shape index (κ3) is 2.39. The number of rotatable bonds is 4. The van der Waals surface area contributed by atoms with Crippen LogP contribution in [0.5, 0.6) is 0 Å². The van der Waals surface area contributed by atoms with E-state index in [9.17, 15) is 9.59 Å². The van der Waals surface area contributed by atoms with Crippen molar-refractivity contribution >= 4 is 23.7 Å². The predicted octanol–water partition coefficient (Wildman–Crippen LogP) is 2.97. The van der Waals surface area contributed by atoms with Crippen LogP contribution in [0.3, 0.4) is 0 Å². The molecule has 0 saturated carbocycles. The van der Waals surface area contributed by atoms with E-state index in [-0.39, 0.29) is 12.5 Å². The fourth-order valence-electron chi connectivity index (χ4n) is 2.48. The molecule has 22 heavy (non-hydrogen) atoms. The second-order valence-electron chi connectivity index (χ2n) is 5.27. The van der Waals surface area contributed by atoms with Gasteiger partial charge in [0.05, 0.1) is 12.8 Å². The molecule has 1 aliphatic heterocycles. The van der Waals surface area contributed by atoms with Gasteiger partial charge in [0.1, 0.15) is 5.76 Å². The zero-order valence-electron chi connectivity index (χ0n) is 12.3. The highest BCUT2D eigenvalue weighted by Crippen LogP contribution is 2.30. The molecule has 3 amide bonds. The summed E-state index contributed by atoms with van der Waals surface area (Å²) in [5, 5.41) is 2.71. The van der Waals surface area contributed by atoms with Gasteiger partial charge >= 0.3 is 6.03 Å². The van der Waals surface area contributed by atoms with Crippen LogP contribution in [0.4, 0.5) is 4.79 Å². The minimum Gasteiger partial charge on any atom is -0.466 e. The maximum absolute atomic E-state index is 12.6. The lowest BCUT2D eigenvalue weighted by Gasteiger charge is -2.19. The molecule has 2 heterocycles. The average Bonchev–Trinajstić information content (AvgIpc) is 3.13.